The minimum absolute atomic E-state index is 0.107. The number of nitro benzene ring substituents is 1. The normalized spacial score (nSPS) is 21.1. The largest absolute Gasteiger partial charge is 0.289 e. The van der Waals surface area contributed by atoms with Crippen molar-refractivity contribution >= 4 is 31.6 Å². The fourth-order valence-corrected chi connectivity index (χ4v) is 4.27. The number of nitrogens with zero attached hydrogens (tertiary/aromatic N) is 2. The molecule has 1 aromatic rings. The molecule has 6 nitrogen and oxygen atoms in total. The summed E-state index contributed by atoms with van der Waals surface area (Å²) in [5, 5.41) is 10.9. The lowest BCUT2D eigenvalue weighted by Gasteiger charge is -2.15. The Labute approximate surface area is 113 Å². The Balaban J connectivity index is 2.45. The Morgan fingerprint density at radius 1 is 1.39 bits per heavy atom. The number of rotatable bonds is 3. The van der Waals surface area contributed by atoms with Gasteiger partial charge in [-0.25, -0.2) is 8.42 Å². The van der Waals surface area contributed by atoms with Gasteiger partial charge in [0.2, 0.25) is 10.0 Å². The molecule has 18 heavy (non-hydrogen) atoms. The van der Waals surface area contributed by atoms with Crippen molar-refractivity contribution in [2.45, 2.75) is 16.1 Å². The molecule has 0 aliphatic carbocycles. The van der Waals surface area contributed by atoms with Crippen LogP contribution in [0.4, 0.5) is 5.69 Å². The number of benzene rings is 1. The molecular formula is C10H11BrN2O4S. The van der Waals surface area contributed by atoms with E-state index < -0.39 is 14.9 Å². The molecule has 1 aromatic carbocycles. The van der Waals surface area contributed by atoms with Crippen LogP contribution in [0.5, 0.6) is 0 Å². The highest BCUT2D eigenvalue weighted by Gasteiger charge is 2.35. The predicted octanol–water partition coefficient (Wildman–Crippen LogP) is 1.75. The Kier molecular flexibility index (Phi) is 3.69. The van der Waals surface area contributed by atoms with Crippen LogP contribution in [0.1, 0.15) is 6.42 Å². The van der Waals surface area contributed by atoms with E-state index in [1.54, 1.807) is 0 Å². The zero-order chi connectivity index (χ0) is 13.3. The summed E-state index contributed by atoms with van der Waals surface area (Å²) in [6.07, 6.45) is 0.708. The van der Waals surface area contributed by atoms with Gasteiger partial charge in [0, 0.05) is 24.0 Å². The molecule has 1 heterocycles. The highest BCUT2D eigenvalue weighted by atomic mass is 79.9. The van der Waals surface area contributed by atoms with Crippen molar-refractivity contribution in [1.29, 1.82) is 0 Å². The lowest BCUT2D eigenvalue weighted by molar-refractivity contribution is -0.387. The highest BCUT2D eigenvalue weighted by Crippen LogP contribution is 2.29. The molecule has 1 atom stereocenters. The average molecular weight is 335 g/mol. The number of halogens is 1. The lowest BCUT2D eigenvalue weighted by atomic mass is 10.3. The van der Waals surface area contributed by atoms with Crippen LogP contribution in [-0.4, -0.2) is 35.6 Å². The van der Waals surface area contributed by atoms with E-state index in [-0.39, 0.29) is 15.4 Å². The Hall–Kier alpha value is -0.990. The molecule has 1 aliphatic rings. The van der Waals surface area contributed by atoms with E-state index in [0.717, 1.165) is 0 Å². The predicted molar refractivity (Wildman–Crippen MR) is 69.2 cm³/mol. The summed E-state index contributed by atoms with van der Waals surface area (Å²) in [5.41, 5.74) is -0.379. The zero-order valence-corrected chi connectivity index (χ0v) is 11.7. The zero-order valence-electron chi connectivity index (χ0n) is 9.32. The minimum Gasteiger partial charge on any atom is -0.258 e. The van der Waals surface area contributed by atoms with Crippen LogP contribution in [0.2, 0.25) is 0 Å². The number of hydrogen-bond donors (Lipinski definition) is 0. The maximum absolute atomic E-state index is 12.3. The number of hydrogen-bond acceptors (Lipinski definition) is 4. The van der Waals surface area contributed by atoms with Gasteiger partial charge in [0.1, 0.15) is 0 Å². The number of sulfonamides is 1. The summed E-state index contributed by atoms with van der Waals surface area (Å²) in [6.45, 7) is 0.721. The Bertz CT molecular complexity index is 575. The minimum atomic E-state index is -3.79. The monoisotopic (exact) mass is 334 g/mol. The van der Waals surface area contributed by atoms with Crippen molar-refractivity contribution in [3.05, 3.63) is 34.4 Å². The molecule has 0 aromatic heterocycles. The maximum atomic E-state index is 12.3. The van der Waals surface area contributed by atoms with E-state index in [1.807, 2.05) is 0 Å². The summed E-state index contributed by atoms with van der Waals surface area (Å²) in [6, 6.07) is 5.42. The van der Waals surface area contributed by atoms with E-state index in [9.17, 15) is 18.5 Å². The molecule has 0 radical (unpaired) electrons. The molecule has 1 unspecified atom stereocenters. The molecule has 2 rings (SSSR count). The molecule has 0 saturated carbocycles. The lowest BCUT2D eigenvalue weighted by Crippen LogP contribution is -2.29. The summed E-state index contributed by atoms with van der Waals surface area (Å²) >= 11 is 3.35. The smallest absolute Gasteiger partial charge is 0.258 e. The first-order valence-electron chi connectivity index (χ1n) is 5.30. The van der Waals surface area contributed by atoms with Crippen LogP contribution in [0.3, 0.4) is 0 Å². The number of nitro groups is 1. The summed E-state index contributed by atoms with van der Waals surface area (Å²) in [7, 11) is -3.79. The van der Waals surface area contributed by atoms with E-state index in [4.69, 9.17) is 0 Å². The van der Waals surface area contributed by atoms with E-state index in [0.29, 0.717) is 19.5 Å². The summed E-state index contributed by atoms with van der Waals surface area (Å²) in [5.74, 6) is 0. The van der Waals surface area contributed by atoms with Crippen LogP contribution < -0.4 is 0 Å². The van der Waals surface area contributed by atoms with Gasteiger partial charge < -0.3 is 0 Å². The molecule has 0 spiro atoms. The first-order valence-corrected chi connectivity index (χ1v) is 7.66. The van der Waals surface area contributed by atoms with E-state index >= 15 is 0 Å². The standard InChI is InChI=1S/C10H11BrN2O4S/c11-8-5-6-12(7-8)18(16,17)10-4-2-1-3-9(10)13(14)15/h1-4,8H,5-7H2. The fraction of sp³-hybridized carbons (Fsp3) is 0.400. The molecule has 98 valence electrons. The summed E-state index contributed by atoms with van der Waals surface area (Å²) < 4.78 is 25.9. The number of para-hydroxylation sites is 1. The molecular weight excluding hydrogens is 324 g/mol. The van der Waals surface area contributed by atoms with Gasteiger partial charge in [-0.3, -0.25) is 10.1 Å². The molecule has 1 aliphatic heterocycles. The first kappa shape index (κ1) is 13.4. The molecule has 0 N–H and O–H groups in total. The van der Waals surface area contributed by atoms with Gasteiger partial charge in [0.25, 0.3) is 5.69 Å². The topological polar surface area (TPSA) is 80.5 Å². The second-order valence-corrected chi connectivity index (χ2v) is 7.18. The van der Waals surface area contributed by atoms with E-state index in [2.05, 4.69) is 15.9 Å². The molecule has 8 heteroatoms. The van der Waals surface area contributed by atoms with Crippen LogP contribution >= 0.6 is 15.9 Å². The van der Waals surface area contributed by atoms with Crippen molar-refractivity contribution in [2.75, 3.05) is 13.1 Å². The highest BCUT2D eigenvalue weighted by molar-refractivity contribution is 9.09. The van der Waals surface area contributed by atoms with Gasteiger partial charge in [-0.1, -0.05) is 28.1 Å². The van der Waals surface area contributed by atoms with Crippen molar-refractivity contribution < 1.29 is 13.3 Å². The second kappa shape index (κ2) is 4.94. The molecule has 0 bridgehead atoms. The number of alkyl halides is 1. The van der Waals surface area contributed by atoms with Gasteiger partial charge in [0.05, 0.1) is 4.92 Å². The molecule has 1 fully saturated rings. The Morgan fingerprint density at radius 2 is 2.06 bits per heavy atom. The van der Waals surface area contributed by atoms with Crippen molar-refractivity contribution in [3.8, 4) is 0 Å². The third-order valence-corrected chi connectivity index (χ3v) is 5.43. The third kappa shape index (κ3) is 2.40. The Morgan fingerprint density at radius 3 is 2.61 bits per heavy atom. The SMILES string of the molecule is O=[N+]([O-])c1ccccc1S(=O)(=O)N1CCC(Br)C1. The van der Waals surface area contributed by atoms with Gasteiger partial charge in [-0.15, -0.1) is 0 Å². The van der Waals surface area contributed by atoms with Gasteiger partial charge in [-0.05, 0) is 12.5 Å². The van der Waals surface area contributed by atoms with Gasteiger partial charge in [-0.2, -0.15) is 4.31 Å². The van der Waals surface area contributed by atoms with E-state index in [1.165, 1.54) is 28.6 Å². The first-order chi connectivity index (χ1) is 8.43. The van der Waals surface area contributed by atoms with Crippen LogP contribution in [-0.2, 0) is 10.0 Å². The van der Waals surface area contributed by atoms with Gasteiger partial charge in [0.15, 0.2) is 4.90 Å². The third-order valence-electron chi connectivity index (χ3n) is 2.77. The quantitative estimate of drug-likeness (QED) is 0.479. The van der Waals surface area contributed by atoms with Crippen molar-refractivity contribution in [3.63, 3.8) is 0 Å². The van der Waals surface area contributed by atoms with Crippen LogP contribution in [0.25, 0.3) is 0 Å². The van der Waals surface area contributed by atoms with Crippen LogP contribution in [0.15, 0.2) is 29.2 Å². The van der Waals surface area contributed by atoms with Gasteiger partial charge >= 0.3 is 0 Å². The molecule has 0 amide bonds. The molecule has 1 saturated heterocycles. The van der Waals surface area contributed by atoms with Crippen molar-refractivity contribution in [1.82, 2.24) is 4.31 Å². The summed E-state index contributed by atoms with van der Waals surface area (Å²) in [4.78, 5) is 10.1. The average Bonchev–Trinajstić information content (AvgIpc) is 2.76. The second-order valence-electron chi connectivity index (χ2n) is 3.97. The van der Waals surface area contributed by atoms with Crippen molar-refractivity contribution in [2.24, 2.45) is 0 Å². The maximum Gasteiger partial charge on any atom is 0.289 e. The fourth-order valence-electron chi connectivity index (χ4n) is 1.87. The van der Waals surface area contributed by atoms with Crippen LogP contribution in [0, 0.1) is 10.1 Å².